The van der Waals surface area contributed by atoms with Crippen LogP contribution in [0.3, 0.4) is 0 Å². The molecule has 19 heteroatoms. The molecular formula is C24H39N3O16. The number of aliphatic hydroxyl groups is 7. The Morgan fingerprint density at radius 2 is 1.33 bits per heavy atom. The Morgan fingerprint density at radius 3 is 1.88 bits per heavy atom. The highest BCUT2D eigenvalue weighted by atomic mass is 16.7. The number of aliphatic hydroxyl groups excluding tert-OH is 7. The zero-order valence-corrected chi connectivity index (χ0v) is 23.5. The minimum atomic E-state index is -1.78. The van der Waals surface area contributed by atoms with Crippen LogP contribution in [0.15, 0.2) is 5.11 Å². The van der Waals surface area contributed by atoms with Gasteiger partial charge in [-0.3, -0.25) is 9.59 Å². The zero-order valence-electron chi connectivity index (χ0n) is 23.5. The predicted molar refractivity (Wildman–Crippen MR) is 135 cm³/mol. The fraction of sp³-hybridized carbons (Fsp3) is 0.917. The van der Waals surface area contributed by atoms with Gasteiger partial charge in [0.1, 0.15) is 48.8 Å². The Kier molecular flexibility index (Phi) is 13.3. The topological polar surface area (TPSA) is 289 Å². The van der Waals surface area contributed by atoms with E-state index < -0.39 is 111 Å². The Bertz CT molecular complexity index is 969. The predicted octanol–water partition coefficient (Wildman–Crippen LogP) is -3.94. The van der Waals surface area contributed by atoms with Crippen LogP contribution in [0.1, 0.15) is 12.8 Å². The van der Waals surface area contributed by atoms with Gasteiger partial charge in [0, 0.05) is 11.5 Å². The standard InChI is InChI=1S/C24H39N3O16/c1-37-21(35)9-5-11(40-8-14-16(30)18(32)19(33)23(43-14)39-4-3-26-27-25)12(6-10(9)22(36)38-2)41-24-20(34)17(31)15(29)13(7-28)42-24/h9-20,23-24,28-34H,3-8H2,1-2H3/t9?,10-,11-,12?,13?,14?,15+,16+,17?,18?,19?,20?,23-,24-/m0/s1. The van der Waals surface area contributed by atoms with Crippen LogP contribution in [-0.2, 0) is 42.7 Å². The normalized spacial score (nSPS) is 41.6. The van der Waals surface area contributed by atoms with Crippen LogP contribution >= 0.6 is 0 Å². The maximum absolute atomic E-state index is 12.6. The molecule has 3 rings (SSSR count). The van der Waals surface area contributed by atoms with Crippen LogP contribution in [0, 0.1) is 11.8 Å². The number of carbonyl (C=O) groups is 2. The molecule has 0 radical (unpaired) electrons. The van der Waals surface area contributed by atoms with E-state index in [4.69, 9.17) is 38.7 Å². The average Bonchev–Trinajstić information content (AvgIpc) is 3.01. The first-order chi connectivity index (χ1) is 20.5. The van der Waals surface area contributed by atoms with E-state index in [1.807, 2.05) is 0 Å². The first kappa shape index (κ1) is 35.3. The van der Waals surface area contributed by atoms with E-state index in [1.54, 1.807) is 0 Å². The van der Waals surface area contributed by atoms with Crippen molar-refractivity contribution in [2.75, 3.05) is 40.6 Å². The zero-order chi connectivity index (χ0) is 31.8. The number of nitrogens with zero attached hydrogens (tertiary/aromatic N) is 3. The summed E-state index contributed by atoms with van der Waals surface area (Å²) in [5.41, 5.74) is 8.40. The highest BCUT2D eigenvalue weighted by Crippen LogP contribution is 2.38. The van der Waals surface area contributed by atoms with Gasteiger partial charge in [0.05, 0.1) is 58.1 Å². The Morgan fingerprint density at radius 1 is 0.791 bits per heavy atom. The van der Waals surface area contributed by atoms with E-state index in [9.17, 15) is 45.3 Å². The molecule has 19 nitrogen and oxygen atoms in total. The van der Waals surface area contributed by atoms with Crippen molar-refractivity contribution in [1.82, 2.24) is 0 Å². The number of hydrogen-bond acceptors (Lipinski definition) is 17. The minimum Gasteiger partial charge on any atom is -0.469 e. The fourth-order valence-electron chi connectivity index (χ4n) is 5.29. The van der Waals surface area contributed by atoms with Gasteiger partial charge in [-0.05, 0) is 18.4 Å². The number of carbonyl (C=O) groups excluding carboxylic acids is 2. The van der Waals surface area contributed by atoms with E-state index >= 15 is 0 Å². The molecule has 3 fully saturated rings. The summed E-state index contributed by atoms with van der Waals surface area (Å²) in [6.07, 6.45) is -18.5. The third-order valence-electron chi connectivity index (χ3n) is 7.72. The number of azide groups is 1. The fourth-order valence-corrected chi connectivity index (χ4v) is 5.29. The molecule has 0 aromatic carbocycles. The van der Waals surface area contributed by atoms with Gasteiger partial charge in [0.25, 0.3) is 0 Å². The Hall–Kier alpha value is -2.23. The largest absolute Gasteiger partial charge is 0.469 e. The second-order valence-electron chi connectivity index (χ2n) is 10.3. The summed E-state index contributed by atoms with van der Waals surface area (Å²) in [5, 5.41) is 74.7. The second kappa shape index (κ2) is 16.2. The summed E-state index contributed by atoms with van der Waals surface area (Å²) in [5.74, 6) is -3.68. The first-order valence-electron chi connectivity index (χ1n) is 13.5. The summed E-state index contributed by atoms with van der Waals surface area (Å²) in [7, 11) is 2.25. The van der Waals surface area contributed by atoms with E-state index in [0.29, 0.717) is 0 Å². The van der Waals surface area contributed by atoms with E-state index in [1.165, 1.54) is 0 Å². The van der Waals surface area contributed by atoms with Gasteiger partial charge < -0.3 is 68.9 Å². The number of methoxy groups -OCH3 is 2. The van der Waals surface area contributed by atoms with E-state index in [2.05, 4.69) is 10.0 Å². The summed E-state index contributed by atoms with van der Waals surface area (Å²) < 4.78 is 37.9. The van der Waals surface area contributed by atoms with Crippen molar-refractivity contribution in [1.29, 1.82) is 0 Å². The molecule has 0 spiro atoms. The highest BCUT2D eigenvalue weighted by molar-refractivity contribution is 5.82. The molecule has 2 saturated heterocycles. The molecule has 246 valence electrons. The lowest BCUT2D eigenvalue weighted by Crippen LogP contribution is -2.61. The van der Waals surface area contributed by atoms with Crippen molar-refractivity contribution < 1.29 is 78.5 Å². The summed E-state index contributed by atoms with van der Waals surface area (Å²) >= 11 is 0. The van der Waals surface area contributed by atoms with E-state index in [-0.39, 0.29) is 26.0 Å². The highest BCUT2D eigenvalue weighted by Gasteiger charge is 2.51. The second-order valence-corrected chi connectivity index (χ2v) is 10.3. The third kappa shape index (κ3) is 8.28. The van der Waals surface area contributed by atoms with Crippen molar-refractivity contribution in [2.45, 2.75) is 86.5 Å². The maximum Gasteiger partial charge on any atom is 0.309 e. The third-order valence-corrected chi connectivity index (χ3v) is 7.72. The summed E-state index contributed by atoms with van der Waals surface area (Å²) in [6.45, 7) is -1.45. The van der Waals surface area contributed by atoms with E-state index in [0.717, 1.165) is 14.2 Å². The molecule has 0 aromatic rings. The van der Waals surface area contributed by atoms with Crippen LogP contribution in [-0.4, -0.2) is 162 Å². The lowest BCUT2D eigenvalue weighted by Gasteiger charge is -2.45. The van der Waals surface area contributed by atoms with Crippen LogP contribution in [0.2, 0.25) is 0 Å². The van der Waals surface area contributed by atoms with Gasteiger partial charge in [-0.2, -0.15) is 0 Å². The van der Waals surface area contributed by atoms with Gasteiger partial charge in [-0.1, -0.05) is 5.11 Å². The molecular weight excluding hydrogens is 586 g/mol. The Labute approximate surface area is 245 Å². The molecule has 8 unspecified atom stereocenters. The molecule has 1 saturated carbocycles. The van der Waals surface area contributed by atoms with Crippen LogP contribution < -0.4 is 0 Å². The summed E-state index contributed by atoms with van der Waals surface area (Å²) in [6, 6.07) is 0. The molecule has 2 heterocycles. The van der Waals surface area contributed by atoms with Crippen LogP contribution in [0.5, 0.6) is 0 Å². The van der Waals surface area contributed by atoms with Gasteiger partial charge in [-0.15, -0.1) is 0 Å². The number of esters is 2. The number of hydrogen-bond donors (Lipinski definition) is 7. The summed E-state index contributed by atoms with van der Waals surface area (Å²) in [4.78, 5) is 27.8. The molecule has 3 aliphatic rings. The van der Waals surface area contributed by atoms with Gasteiger partial charge in [0.2, 0.25) is 0 Å². The Balaban J connectivity index is 1.81. The molecule has 1 aliphatic carbocycles. The maximum atomic E-state index is 12.6. The SMILES string of the molecule is COC(=O)C1C[C@H](OCC2O[C@H](OCCN=[N+]=[N-])C(O)C(O)[C@@H]2O)C(O[C@H]2OC(CO)[C@@H](O)C(O)C2O)C[C@@H]1C(=O)OC. The molecule has 2 aliphatic heterocycles. The van der Waals surface area contributed by atoms with Crippen molar-refractivity contribution in [3.63, 3.8) is 0 Å². The van der Waals surface area contributed by atoms with Crippen molar-refractivity contribution in [2.24, 2.45) is 17.0 Å². The van der Waals surface area contributed by atoms with Gasteiger partial charge >= 0.3 is 11.9 Å². The lowest BCUT2D eigenvalue weighted by atomic mass is 9.76. The smallest absolute Gasteiger partial charge is 0.309 e. The average molecular weight is 626 g/mol. The van der Waals surface area contributed by atoms with Crippen molar-refractivity contribution in [3.05, 3.63) is 10.4 Å². The minimum absolute atomic E-state index is 0.0990. The van der Waals surface area contributed by atoms with Gasteiger partial charge in [0.15, 0.2) is 12.6 Å². The molecule has 0 aromatic heterocycles. The molecule has 43 heavy (non-hydrogen) atoms. The van der Waals surface area contributed by atoms with Crippen molar-refractivity contribution >= 4 is 11.9 Å². The molecule has 7 N–H and O–H groups in total. The molecule has 14 atom stereocenters. The van der Waals surface area contributed by atoms with Crippen LogP contribution in [0.25, 0.3) is 10.4 Å². The number of rotatable bonds is 12. The number of ether oxygens (including phenoxy) is 7. The molecule has 0 bridgehead atoms. The van der Waals surface area contributed by atoms with Gasteiger partial charge in [-0.25, -0.2) is 0 Å². The monoisotopic (exact) mass is 625 g/mol. The quantitative estimate of drug-likeness (QED) is 0.0358. The lowest BCUT2D eigenvalue weighted by molar-refractivity contribution is -0.326. The van der Waals surface area contributed by atoms with Crippen molar-refractivity contribution in [3.8, 4) is 0 Å². The molecule has 0 amide bonds. The first-order valence-corrected chi connectivity index (χ1v) is 13.5. The van der Waals surface area contributed by atoms with Crippen LogP contribution in [0.4, 0.5) is 0 Å².